The van der Waals surface area contributed by atoms with Crippen LogP contribution >= 0.6 is 0 Å². The Morgan fingerprint density at radius 3 is 2.09 bits per heavy atom. The number of aryl methyl sites for hydroxylation is 1. The quantitative estimate of drug-likeness (QED) is 0.505. The molecule has 0 aliphatic carbocycles. The lowest BCUT2D eigenvalue weighted by Gasteiger charge is -2.32. The Bertz CT molecular complexity index is 1140. The zero-order valence-corrected chi connectivity index (χ0v) is 22.0. The van der Waals surface area contributed by atoms with E-state index in [2.05, 4.69) is 80.8 Å². The van der Waals surface area contributed by atoms with Gasteiger partial charge in [0.05, 0.1) is 6.54 Å². The second-order valence-electron chi connectivity index (χ2n) is 10.2. The average molecular weight is 487 g/mol. The molecule has 1 aliphatic rings. The number of carbonyl (C=O) groups excluding carboxylic acids is 2. The van der Waals surface area contributed by atoms with Crippen LogP contribution in [0.1, 0.15) is 43.4 Å². The molecule has 6 heteroatoms. The van der Waals surface area contributed by atoms with Gasteiger partial charge in [0.25, 0.3) is 0 Å². The Hall–Kier alpha value is -3.22. The van der Waals surface area contributed by atoms with Crippen molar-refractivity contribution in [2.45, 2.75) is 45.1 Å². The van der Waals surface area contributed by atoms with Crippen LogP contribution < -0.4 is 21.0 Å². The van der Waals surface area contributed by atoms with Crippen molar-refractivity contribution in [3.63, 3.8) is 0 Å². The molecular formula is C29H34N2O3Si. The molecule has 35 heavy (non-hydrogen) atoms. The highest BCUT2D eigenvalue weighted by Crippen LogP contribution is 2.30. The van der Waals surface area contributed by atoms with Crippen LogP contribution in [0.3, 0.4) is 0 Å². The third-order valence-corrected chi connectivity index (χ3v) is 9.06. The number of hydrogen-bond donors (Lipinski definition) is 2. The lowest BCUT2D eigenvalue weighted by molar-refractivity contribution is -0.134. The SMILES string of the molecule is Cc1cc(C(CO[SiH](c2ccccc2)c2ccccc2)C2NC(=O)CNC2=O)ccc1C(C)(C)C. The topological polar surface area (TPSA) is 67.4 Å². The van der Waals surface area contributed by atoms with Gasteiger partial charge < -0.3 is 15.1 Å². The zero-order chi connectivity index (χ0) is 25.0. The molecule has 2 amide bonds. The van der Waals surface area contributed by atoms with Gasteiger partial charge in [-0.25, -0.2) is 0 Å². The number of amides is 2. The maximum atomic E-state index is 12.9. The van der Waals surface area contributed by atoms with E-state index < -0.39 is 15.1 Å². The summed E-state index contributed by atoms with van der Waals surface area (Å²) in [7, 11) is -2.01. The first-order valence-corrected chi connectivity index (χ1v) is 13.8. The lowest BCUT2D eigenvalue weighted by Crippen LogP contribution is -2.59. The van der Waals surface area contributed by atoms with Gasteiger partial charge in [-0.1, -0.05) is 99.6 Å². The summed E-state index contributed by atoms with van der Waals surface area (Å²) in [5, 5.41) is 8.00. The van der Waals surface area contributed by atoms with Crippen molar-refractivity contribution in [2.75, 3.05) is 13.2 Å². The minimum Gasteiger partial charge on any atom is -0.410 e. The number of rotatable bonds is 7. The summed E-state index contributed by atoms with van der Waals surface area (Å²) in [5.41, 5.74) is 3.44. The van der Waals surface area contributed by atoms with Crippen molar-refractivity contribution in [2.24, 2.45) is 0 Å². The fraction of sp³-hybridized carbons (Fsp3) is 0.310. The molecule has 2 N–H and O–H groups in total. The van der Waals surface area contributed by atoms with Crippen LogP contribution in [-0.4, -0.2) is 40.0 Å². The molecule has 0 aromatic heterocycles. The highest BCUT2D eigenvalue weighted by molar-refractivity contribution is 6.80. The predicted molar refractivity (Wildman–Crippen MR) is 143 cm³/mol. The molecule has 1 fully saturated rings. The highest BCUT2D eigenvalue weighted by atomic mass is 28.3. The lowest BCUT2D eigenvalue weighted by atomic mass is 9.81. The number of hydrogen-bond acceptors (Lipinski definition) is 3. The summed E-state index contributed by atoms with van der Waals surface area (Å²) in [4.78, 5) is 25.1. The van der Waals surface area contributed by atoms with E-state index in [-0.39, 0.29) is 29.7 Å². The first kappa shape index (κ1) is 24.9. The molecule has 4 rings (SSSR count). The molecule has 3 aromatic carbocycles. The second-order valence-corrected chi connectivity index (χ2v) is 12.7. The van der Waals surface area contributed by atoms with Crippen molar-refractivity contribution < 1.29 is 14.0 Å². The summed E-state index contributed by atoms with van der Waals surface area (Å²) >= 11 is 0. The maximum absolute atomic E-state index is 12.9. The fourth-order valence-electron chi connectivity index (χ4n) is 4.84. The van der Waals surface area contributed by atoms with Crippen LogP contribution in [0, 0.1) is 6.92 Å². The number of piperazine rings is 1. The van der Waals surface area contributed by atoms with E-state index >= 15 is 0 Å². The first-order valence-electron chi connectivity index (χ1n) is 12.1. The molecule has 0 saturated carbocycles. The van der Waals surface area contributed by atoms with Gasteiger partial charge in [-0.2, -0.15) is 0 Å². The minimum atomic E-state index is -2.01. The second kappa shape index (κ2) is 10.6. The van der Waals surface area contributed by atoms with Gasteiger partial charge in [-0.3, -0.25) is 9.59 Å². The Kier molecular flexibility index (Phi) is 7.53. The third-order valence-electron chi connectivity index (χ3n) is 6.56. The zero-order valence-electron chi connectivity index (χ0n) is 20.9. The van der Waals surface area contributed by atoms with Crippen molar-refractivity contribution in [3.8, 4) is 0 Å². The van der Waals surface area contributed by atoms with Crippen LogP contribution in [-0.2, 0) is 19.4 Å². The van der Waals surface area contributed by atoms with Crippen molar-refractivity contribution >= 4 is 31.2 Å². The molecule has 0 bridgehead atoms. The van der Waals surface area contributed by atoms with Crippen LogP contribution in [0.25, 0.3) is 0 Å². The summed E-state index contributed by atoms with van der Waals surface area (Å²) in [6.07, 6.45) is 0. The summed E-state index contributed by atoms with van der Waals surface area (Å²) < 4.78 is 6.71. The Balaban J connectivity index is 1.69. The van der Waals surface area contributed by atoms with Gasteiger partial charge in [0.2, 0.25) is 20.9 Å². The molecule has 2 unspecified atom stereocenters. The van der Waals surface area contributed by atoms with Crippen molar-refractivity contribution in [3.05, 3.63) is 95.6 Å². The van der Waals surface area contributed by atoms with Crippen LogP contribution in [0.5, 0.6) is 0 Å². The number of carbonyl (C=O) groups is 2. The molecule has 2 atom stereocenters. The van der Waals surface area contributed by atoms with E-state index in [1.54, 1.807) is 0 Å². The van der Waals surface area contributed by atoms with E-state index in [1.807, 2.05) is 36.4 Å². The minimum absolute atomic E-state index is 0.0102. The van der Waals surface area contributed by atoms with E-state index in [0.717, 1.165) is 5.56 Å². The van der Waals surface area contributed by atoms with Gasteiger partial charge >= 0.3 is 0 Å². The Morgan fingerprint density at radius 2 is 1.54 bits per heavy atom. The van der Waals surface area contributed by atoms with Gasteiger partial charge in [0, 0.05) is 12.5 Å². The van der Waals surface area contributed by atoms with Gasteiger partial charge in [0.15, 0.2) is 0 Å². The van der Waals surface area contributed by atoms with Crippen molar-refractivity contribution in [1.82, 2.24) is 10.6 Å². The molecule has 0 radical (unpaired) electrons. The molecule has 1 heterocycles. The molecule has 182 valence electrons. The summed E-state index contributed by atoms with van der Waals surface area (Å²) in [6.45, 7) is 9.03. The molecule has 0 spiro atoms. The molecular weight excluding hydrogens is 452 g/mol. The third kappa shape index (κ3) is 5.89. The van der Waals surface area contributed by atoms with E-state index in [1.165, 1.54) is 21.5 Å². The summed E-state index contributed by atoms with van der Waals surface area (Å²) in [6, 6.07) is 26.2. The molecule has 5 nitrogen and oxygen atoms in total. The maximum Gasteiger partial charge on any atom is 0.243 e. The van der Waals surface area contributed by atoms with Gasteiger partial charge in [-0.05, 0) is 39.4 Å². The van der Waals surface area contributed by atoms with Crippen LogP contribution in [0.15, 0.2) is 78.9 Å². The van der Waals surface area contributed by atoms with E-state index in [4.69, 9.17) is 4.43 Å². The number of benzene rings is 3. The normalized spacial score (nSPS) is 17.1. The molecule has 1 aliphatic heterocycles. The summed E-state index contributed by atoms with van der Waals surface area (Å²) in [5.74, 6) is -0.662. The van der Waals surface area contributed by atoms with E-state index in [9.17, 15) is 9.59 Å². The van der Waals surface area contributed by atoms with Crippen molar-refractivity contribution in [1.29, 1.82) is 0 Å². The largest absolute Gasteiger partial charge is 0.410 e. The van der Waals surface area contributed by atoms with E-state index in [0.29, 0.717) is 6.61 Å². The monoisotopic (exact) mass is 486 g/mol. The fourth-order valence-corrected chi connectivity index (χ4v) is 7.15. The van der Waals surface area contributed by atoms with Crippen LogP contribution in [0.2, 0.25) is 0 Å². The van der Waals surface area contributed by atoms with Gasteiger partial charge in [-0.15, -0.1) is 0 Å². The average Bonchev–Trinajstić information content (AvgIpc) is 2.84. The smallest absolute Gasteiger partial charge is 0.243 e. The van der Waals surface area contributed by atoms with Gasteiger partial charge in [0.1, 0.15) is 6.04 Å². The standard InChI is InChI=1S/C29H34N2O3Si/c1-20-17-21(15-16-25(20)29(2,3)4)24(27-28(33)30-18-26(32)31-27)19-34-35(22-11-7-5-8-12-22)23-13-9-6-10-14-23/h5-17,24,27,35H,18-19H2,1-4H3,(H,30,33)(H,31,32). The predicted octanol–water partition coefficient (Wildman–Crippen LogP) is 2.55. The number of nitrogens with one attached hydrogen (secondary N) is 2. The Labute approximate surface area is 209 Å². The molecule has 3 aromatic rings. The molecule has 1 saturated heterocycles. The van der Waals surface area contributed by atoms with Crippen LogP contribution in [0.4, 0.5) is 0 Å². The highest BCUT2D eigenvalue weighted by Gasteiger charge is 2.35. The Morgan fingerprint density at radius 1 is 0.943 bits per heavy atom. The first-order chi connectivity index (χ1) is 16.7.